The summed E-state index contributed by atoms with van der Waals surface area (Å²) in [7, 11) is 0. The summed E-state index contributed by atoms with van der Waals surface area (Å²) in [6, 6.07) is 10.4. The first kappa shape index (κ1) is 17.2. The average molecular weight is 315 g/mol. The van der Waals surface area contributed by atoms with Crippen molar-refractivity contribution in [3.63, 3.8) is 0 Å². The van der Waals surface area contributed by atoms with Gasteiger partial charge < -0.3 is 9.84 Å². The van der Waals surface area contributed by atoms with Crippen molar-refractivity contribution in [1.82, 2.24) is 15.5 Å². The molecule has 0 spiro atoms. The zero-order valence-electron chi connectivity index (χ0n) is 14.5. The first-order valence-electron chi connectivity index (χ1n) is 7.88. The van der Waals surface area contributed by atoms with Gasteiger partial charge in [0.2, 0.25) is 11.8 Å². The average Bonchev–Trinajstić information content (AvgIpc) is 2.95. The minimum Gasteiger partial charge on any atom is -0.344 e. The standard InChI is InChI=1S/C18H25N3O2/c1-13(22)20-18(4,5)16-19-15(23-21-16)11-12-17(2,3)14-9-7-6-8-10-14/h6-10H,11-12H2,1-5H3,(H,20,22). The molecule has 0 saturated heterocycles. The lowest BCUT2D eigenvalue weighted by atomic mass is 9.80. The van der Waals surface area contributed by atoms with E-state index in [9.17, 15) is 4.79 Å². The number of aromatic nitrogens is 2. The second-order valence-corrected chi connectivity index (χ2v) is 7.07. The molecule has 23 heavy (non-hydrogen) atoms. The Kier molecular flexibility index (Phi) is 4.88. The summed E-state index contributed by atoms with van der Waals surface area (Å²) >= 11 is 0. The van der Waals surface area contributed by atoms with E-state index < -0.39 is 5.54 Å². The predicted octanol–water partition coefficient (Wildman–Crippen LogP) is 3.35. The molecule has 1 amide bonds. The molecule has 1 N–H and O–H groups in total. The largest absolute Gasteiger partial charge is 0.344 e. The van der Waals surface area contributed by atoms with Crippen LogP contribution in [0, 0.1) is 0 Å². The van der Waals surface area contributed by atoms with Crippen molar-refractivity contribution in [2.45, 2.75) is 58.4 Å². The summed E-state index contributed by atoms with van der Waals surface area (Å²) in [6.07, 6.45) is 1.60. The number of benzene rings is 1. The van der Waals surface area contributed by atoms with E-state index in [-0.39, 0.29) is 11.3 Å². The fraction of sp³-hybridized carbons (Fsp3) is 0.500. The zero-order valence-corrected chi connectivity index (χ0v) is 14.5. The Balaban J connectivity index is 2.04. The van der Waals surface area contributed by atoms with Crippen LogP contribution in [0.15, 0.2) is 34.9 Å². The summed E-state index contributed by atoms with van der Waals surface area (Å²) in [5, 5.41) is 6.84. The van der Waals surface area contributed by atoms with Crippen LogP contribution in [-0.2, 0) is 22.2 Å². The third-order valence-electron chi connectivity index (χ3n) is 4.03. The Bertz CT molecular complexity index is 660. The number of amides is 1. The predicted molar refractivity (Wildman–Crippen MR) is 88.9 cm³/mol. The molecule has 0 aliphatic carbocycles. The van der Waals surface area contributed by atoms with Crippen LogP contribution in [0.5, 0.6) is 0 Å². The third kappa shape index (κ3) is 4.41. The van der Waals surface area contributed by atoms with Crippen molar-refractivity contribution in [3.05, 3.63) is 47.6 Å². The van der Waals surface area contributed by atoms with Gasteiger partial charge in [-0.3, -0.25) is 4.79 Å². The van der Waals surface area contributed by atoms with E-state index in [1.807, 2.05) is 19.9 Å². The van der Waals surface area contributed by atoms with Crippen LogP contribution in [0.1, 0.15) is 58.3 Å². The number of nitrogens with zero attached hydrogens (tertiary/aromatic N) is 2. The Morgan fingerprint density at radius 2 is 1.83 bits per heavy atom. The number of rotatable bonds is 6. The third-order valence-corrected chi connectivity index (χ3v) is 4.03. The maximum absolute atomic E-state index is 11.3. The minimum atomic E-state index is -0.636. The molecule has 2 aromatic rings. The molecule has 0 bridgehead atoms. The fourth-order valence-electron chi connectivity index (χ4n) is 2.56. The van der Waals surface area contributed by atoms with Crippen LogP contribution in [0.4, 0.5) is 0 Å². The van der Waals surface area contributed by atoms with E-state index in [4.69, 9.17) is 4.52 Å². The van der Waals surface area contributed by atoms with Gasteiger partial charge in [-0.1, -0.05) is 49.3 Å². The van der Waals surface area contributed by atoms with E-state index in [2.05, 4.69) is 53.6 Å². The summed E-state index contributed by atoms with van der Waals surface area (Å²) in [5.41, 5.74) is 0.685. The van der Waals surface area contributed by atoms with Gasteiger partial charge >= 0.3 is 0 Å². The van der Waals surface area contributed by atoms with Gasteiger partial charge in [-0.05, 0) is 31.2 Å². The fourth-order valence-corrected chi connectivity index (χ4v) is 2.56. The molecule has 2 rings (SSSR count). The molecular weight excluding hydrogens is 290 g/mol. The van der Waals surface area contributed by atoms with Crippen molar-refractivity contribution in [2.24, 2.45) is 0 Å². The van der Waals surface area contributed by atoms with Crippen LogP contribution < -0.4 is 5.32 Å². The Labute approximate surface area is 137 Å². The van der Waals surface area contributed by atoms with E-state index in [1.54, 1.807) is 0 Å². The molecule has 124 valence electrons. The molecule has 1 heterocycles. The molecule has 0 aliphatic heterocycles. The molecule has 0 atom stereocenters. The topological polar surface area (TPSA) is 68.0 Å². The van der Waals surface area contributed by atoms with Crippen molar-refractivity contribution in [3.8, 4) is 0 Å². The highest BCUT2D eigenvalue weighted by molar-refractivity contribution is 5.73. The highest BCUT2D eigenvalue weighted by Crippen LogP contribution is 2.28. The van der Waals surface area contributed by atoms with Gasteiger partial charge in [-0.15, -0.1) is 0 Å². The van der Waals surface area contributed by atoms with Crippen molar-refractivity contribution >= 4 is 5.91 Å². The zero-order chi connectivity index (χ0) is 17.1. The lowest BCUT2D eigenvalue weighted by molar-refractivity contribution is -0.120. The Hall–Kier alpha value is -2.17. The molecule has 5 heteroatoms. The van der Waals surface area contributed by atoms with Crippen LogP contribution in [0.25, 0.3) is 0 Å². The Morgan fingerprint density at radius 3 is 2.43 bits per heavy atom. The molecular formula is C18H25N3O2. The van der Waals surface area contributed by atoms with Crippen LogP contribution >= 0.6 is 0 Å². The van der Waals surface area contributed by atoms with Crippen molar-refractivity contribution in [2.75, 3.05) is 0 Å². The monoisotopic (exact) mass is 315 g/mol. The second kappa shape index (κ2) is 6.52. The first-order chi connectivity index (χ1) is 10.7. The van der Waals surface area contributed by atoms with Gasteiger partial charge in [0.05, 0.1) is 5.54 Å². The van der Waals surface area contributed by atoms with Gasteiger partial charge in [-0.25, -0.2) is 0 Å². The number of carbonyl (C=O) groups excluding carboxylic acids is 1. The van der Waals surface area contributed by atoms with Gasteiger partial charge in [0.15, 0.2) is 5.82 Å². The highest BCUT2D eigenvalue weighted by atomic mass is 16.5. The molecule has 0 radical (unpaired) electrons. The van der Waals surface area contributed by atoms with E-state index in [0.29, 0.717) is 18.1 Å². The molecule has 1 aromatic carbocycles. The molecule has 1 aromatic heterocycles. The lowest BCUT2D eigenvalue weighted by Crippen LogP contribution is -2.40. The van der Waals surface area contributed by atoms with Crippen LogP contribution in [0.3, 0.4) is 0 Å². The van der Waals surface area contributed by atoms with Gasteiger partial charge in [-0.2, -0.15) is 4.98 Å². The maximum atomic E-state index is 11.3. The molecule has 0 aliphatic rings. The number of hydrogen-bond acceptors (Lipinski definition) is 4. The SMILES string of the molecule is CC(=O)NC(C)(C)c1noc(CCC(C)(C)c2ccccc2)n1. The van der Waals surface area contributed by atoms with Gasteiger partial charge in [0, 0.05) is 13.3 Å². The summed E-state index contributed by atoms with van der Waals surface area (Å²) in [5.74, 6) is 0.981. The van der Waals surface area contributed by atoms with E-state index >= 15 is 0 Å². The molecule has 5 nitrogen and oxygen atoms in total. The van der Waals surface area contributed by atoms with Crippen LogP contribution in [-0.4, -0.2) is 16.0 Å². The molecule has 0 saturated carbocycles. The van der Waals surface area contributed by atoms with E-state index in [0.717, 1.165) is 6.42 Å². The number of aryl methyl sites for hydroxylation is 1. The quantitative estimate of drug-likeness (QED) is 0.887. The number of nitrogens with one attached hydrogen (secondary N) is 1. The van der Waals surface area contributed by atoms with Crippen LogP contribution in [0.2, 0.25) is 0 Å². The Morgan fingerprint density at radius 1 is 1.17 bits per heavy atom. The van der Waals surface area contributed by atoms with Gasteiger partial charge in [0.1, 0.15) is 0 Å². The lowest BCUT2D eigenvalue weighted by Gasteiger charge is -2.24. The van der Waals surface area contributed by atoms with E-state index in [1.165, 1.54) is 12.5 Å². The normalized spacial score (nSPS) is 12.2. The summed E-state index contributed by atoms with van der Waals surface area (Å²) in [4.78, 5) is 15.7. The maximum Gasteiger partial charge on any atom is 0.226 e. The summed E-state index contributed by atoms with van der Waals surface area (Å²) < 4.78 is 5.35. The highest BCUT2D eigenvalue weighted by Gasteiger charge is 2.28. The minimum absolute atomic E-state index is 0.0308. The first-order valence-corrected chi connectivity index (χ1v) is 7.88. The molecule has 0 fully saturated rings. The summed E-state index contributed by atoms with van der Waals surface area (Å²) in [6.45, 7) is 9.61. The number of hydrogen-bond donors (Lipinski definition) is 1. The molecule has 0 unspecified atom stereocenters. The van der Waals surface area contributed by atoms with Crippen molar-refractivity contribution < 1.29 is 9.32 Å². The second-order valence-electron chi connectivity index (χ2n) is 7.07. The number of carbonyl (C=O) groups is 1. The van der Waals surface area contributed by atoms with Crippen molar-refractivity contribution in [1.29, 1.82) is 0 Å². The van der Waals surface area contributed by atoms with Gasteiger partial charge in [0.25, 0.3) is 0 Å². The smallest absolute Gasteiger partial charge is 0.226 e.